The summed E-state index contributed by atoms with van der Waals surface area (Å²) >= 11 is 1.79. The van der Waals surface area contributed by atoms with Crippen molar-refractivity contribution < 1.29 is 14.3 Å². The van der Waals surface area contributed by atoms with E-state index in [1.807, 2.05) is 18.2 Å². The van der Waals surface area contributed by atoms with Crippen molar-refractivity contribution in [3.05, 3.63) is 59.7 Å². The molecule has 0 aliphatic heterocycles. The first-order valence-electron chi connectivity index (χ1n) is 7.36. The molecule has 0 fully saturated rings. The molecular formula is C18H21NO3S. The molecule has 0 saturated carbocycles. The lowest BCUT2D eigenvalue weighted by Gasteiger charge is -2.10. The number of nitrogens with one attached hydrogen (secondary N) is 1. The minimum absolute atomic E-state index is 0.134. The van der Waals surface area contributed by atoms with E-state index in [2.05, 4.69) is 17.4 Å². The summed E-state index contributed by atoms with van der Waals surface area (Å²) in [5, 5.41) is 2.92. The molecular weight excluding hydrogens is 310 g/mol. The molecule has 0 spiro atoms. The maximum atomic E-state index is 12.2. The van der Waals surface area contributed by atoms with E-state index in [-0.39, 0.29) is 5.91 Å². The predicted octanol–water partition coefficient (Wildman–Crippen LogP) is 3.37. The molecule has 0 atom stereocenters. The summed E-state index contributed by atoms with van der Waals surface area (Å²) < 4.78 is 10.4. The van der Waals surface area contributed by atoms with Gasteiger partial charge in [0.2, 0.25) is 0 Å². The summed E-state index contributed by atoms with van der Waals surface area (Å²) in [4.78, 5) is 12.2. The van der Waals surface area contributed by atoms with Crippen molar-refractivity contribution in [3.63, 3.8) is 0 Å². The lowest BCUT2D eigenvalue weighted by molar-refractivity contribution is 0.0953. The molecule has 0 heterocycles. The summed E-state index contributed by atoms with van der Waals surface area (Å²) in [6.45, 7) is 0.617. The van der Waals surface area contributed by atoms with Crippen LogP contribution >= 0.6 is 11.8 Å². The molecule has 23 heavy (non-hydrogen) atoms. The van der Waals surface area contributed by atoms with E-state index in [4.69, 9.17) is 9.47 Å². The molecule has 2 aromatic rings. The molecule has 0 aliphatic rings. The molecule has 0 unspecified atom stereocenters. The standard InChI is InChI=1S/C18H21NO3S/c1-21-15-8-9-16(17(12-15)22-2)18(20)19-10-11-23-13-14-6-4-3-5-7-14/h3-9,12H,10-11,13H2,1-2H3,(H,19,20). The molecule has 1 amide bonds. The van der Waals surface area contributed by atoms with E-state index >= 15 is 0 Å². The number of methoxy groups -OCH3 is 2. The summed E-state index contributed by atoms with van der Waals surface area (Å²) in [6, 6.07) is 15.5. The quantitative estimate of drug-likeness (QED) is 0.754. The van der Waals surface area contributed by atoms with Crippen molar-refractivity contribution in [2.45, 2.75) is 5.75 Å². The average Bonchev–Trinajstić information content (AvgIpc) is 2.61. The van der Waals surface area contributed by atoms with Gasteiger partial charge in [-0.2, -0.15) is 11.8 Å². The number of hydrogen-bond acceptors (Lipinski definition) is 4. The lowest BCUT2D eigenvalue weighted by Crippen LogP contribution is -2.26. The largest absolute Gasteiger partial charge is 0.497 e. The number of hydrogen-bond donors (Lipinski definition) is 1. The monoisotopic (exact) mass is 331 g/mol. The number of ether oxygens (including phenoxy) is 2. The van der Waals surface area contributed by atoms with E-state index in [1.165, 1.54) is 5.56 Å². The van der Waals surface area contributed by atoms with Gasteiger partial charge in [0.05, 0.1) is 19.8 Å². The minimum atomic E-state index is -0.134. The van der Waals surface area contributed by atoms with E-state index in [0.29, 0.717) is 23.6 Å². The molecule has 2 rings (SSSR count). The second-order valence-corrected chi connectivity index (χ2v) is 5.97. The summed E-state index contributed by atoms with van der Waals surface area (Å²) in [5.74, 6) is 2.85. The Morgan fingerprint density at radius 3 is 2.57 bits per heavy atom. The highest BCUT2D eigenvalue weighted by atomic mass is 32.2. The zero-order valence-electron chi connectivity index (χ0n) is 13.4. The van der Waals surface area contributed by atoms with E-state index < -0.39 is 0 Å². The van der Waals surface area contributed by atoms with Gasteiger partial charge < -0.3 is 14.8 Å². The van der Waals surface area contributed by atoms with Gasteiger partial charge in [-0.1, -0.05) is 30.3 Å². The van der Waals surface area contributed by atoms with Gasteiger partial charge in [0.25, 0.3) is 5.91 Å². The highest BCUT2D eigenvalue weighted by molar-refractivity contribution is 7.98. The van der Waals surface area contributed by atoms with Crippen LogP contribution in [0.15, 0.2) is 48.5 Å². The smallest absolute Gasteiger partial charge is 0.255 e. The summed E-state index contributed by atoms with van der Waals surface area (Å²) in [5.41, 5.74) is 1.81. The first-order chi connectivity index (χ1) is 11.2. The SMILES string of the molecule is COc1ccc(C(=O)NCCSCc2ccccc2)c(OC)c1. The first-order valence-corrected chi connectivity index (χ1v) is 8.52. The second-order valence-electron chi connectivity index (χ2n) is 4.86. The number of carbonyl (C=O) groups excluding carboxylic acids is 1. The molecule has 122 valence electrons. The van der Waals surface area contributed by atoms with Gasteiger partial charge in [-0.25, -0.2) is 0 Å². The molecule has 0 saturated heterocycles. The van der Waals surface area contributed by atoms with E-state index in [1.54, 1.807) is 44.2 Å². The maximum absolute atomic E-state index is 12.2. The fourth-order valence-electron chi connectivity index (χ4n) is 2.08. The molecule has 1 N–H and O–H groups in total. The Kier molecular flexibility index (Phi) is 6.81. The van der Waals surface area contributed by atoms with Crippen LogP contribution in [0.5, 0.6) is 11.5 Å². The van der Waals surface area contributed by atoms with Crippen molar-refractivity contribution >= 4 is 17.7 Å². The van der Waals surface area contributed by atoms with Gasteiger partial charge in [-0.15, -0.1) is 0 Å². The van der Waals surface area contributed by atoms with Crippen LogP contribution in [0.2, 0.25) is 0 Å². The maximum Gasteiger partial charge on any atom is 0.255 e. The number of thioether (sulfide) groups is 1. The lowest BCUT2D eigenvalue weighted by atomic mass is 10.2. The normalized spacial score (nSPS) is 10.2. The minimum Gasteiger partial charge on any atom is -0.497 e. The summed E-state index contributed by atoms with van der Waals surface area (Å²) in [6.07, 6.45) is 0. The fraction of sp³-hybridized carbons (Fsp3) is 0.278. The van der Waals surface area contributed by atoms with Crippen molar-refractivity contribution in [1.82, 2.24) is 5.32 Å². The Hall–Kier alpha value is -2.14. The zero-order valence-corrected chi connectivity index (χ0v) is 14.2. The van der Waals surface area contributed by atoms with Gasteiger partial charge in [-0.3, -0.25) is 4.79 Å². The number of carbonyl (C=O) groups is 1. The molecule has 2 aromatic carbocycles. The van der Waals surface area contributed by atoms with Crippen LogP contribution in [0.25, 0.3) is 0 Å². The topological polar surface area (TPSA) is 47.6 Å². The molecule has 0 aromatic heterocycles. The Labute approximate surface area is 141 Å². The number of benzene rings is 2. The van der Waals surface area contributed by atoms with E-state index in [0.717, 1.165) is 11.5 Å². The van der Waals surface area contributed by atoms with Gasteiger partial charge in [-0.05, 0) is 17.7 Å². The fourth-order valence-corrected chi connectivity index (χ4v) is 2.90. The Bertz CT molecular complexity index is 631. The van der Waals surface area contributed by atoms with Gasteiger partial charge in [0.1, 0.15) is 11.5 Å². The molecule has 0 bridgehead atoms. The highest BCUT2D eigenvalue weighted by Gasteiger charge is 2.12. The number of amides is 1. The Morgan fingerprint density at radius 2 is 1.87 bits per heavy atom. The average molecular weight is 331 g/mol. The Balaban J connectivity index is 1.78. The van der Waals surface area contributed by atoms with Crippen molar-refractivity contribution in [3.8, 4) is 11.5 Å². The molecule has 5 heteroatoms. The van der Waals surface area contributed by atoms with Crippen molar-refractivity contribution in [2.75, 3.05) is 26.5 Å². The van der Waals surface area contributed by atoms with Gasteiger partial charge >= 0.3 is 0 Å². The Morgan fingerprint density at radius 1 is 1.09 bits per heavy atom. The molecule has 4 nitrogen and oxygen atoms in total. The highest BCUT2D eigenvalue weighted by Crippen LogP contribution is 2.24. The number of rotatable bonds is 8. The van der Waals surface area contributed by atoms with Gasteiger partial charge in [0, 0.05) is 24.1 Å². The first kappa shape index (κ1) is 17.2. The van der Waals surface area contributed by atoms with Crippen LogP contribution in [-0.2, 0) is 5.75 Å². The third-order valence-electron chi connectivity index (χ3n) is 3.30. The van der Waals surface area contributed by atoms with Crippen LogP contribution in [0.1, 0.15) is 15.9 Å². The zero-order chi connectivity index (χ0) is 16.5. The third-order valence-corrected chi connectivity index (χ3v) is 4.33. The van der Waals surface area contributed by atoms with Crippen molar-refractivity contribution in [2.24, 2.45) is 0 Å². The molecule has 0 aliphatic carbocycles. The third kappa shape index (κ3) is 5.21. The summed E-state index contributed by atoms with van der Waals surface area (Å²) in [7, 11) is 3.12. The van der Waals surface area contributed by atoms with E-state index in [9.17, 15) is 4.79 Å². The van der Waals surface area contributed by atoms with Crippen LogP contribution < -0.4 is 14.8 Å². The second kappa shape index (κ2) is 9.10. The molecule has 0 radical (unpaired) electrons. The van der Waals surface area contributed by atoms with Gasteiger partial charge in [0.15, 0.2) is 0 Å². The van der Waals surface area contributed by atoms with Crippen LogP contribution in [0.3, 0.4) is 0 Å². The van der Waals surface area contributed by atoms with Crippen LogP contribution in [0.4, 0.5) is 0 Å². The van der Waals surface area contributed by atoms with Crippen LogP contribution in [0, 0.1) is 0 Å². The predicted molar refractivity (Wildman–Crippen MR) is 94.5 cm³/mol. The van der Waals surface area contributed by atoms with Crippen molar-refractivity contribution in [1.29, 1.82) is 0 Å². The van der Waals surface area contributed by atoms with Crippen LogP contribution in [-0.4, -0.2) is 32.4 Å².